The number of furan rings is 1. The summed E-state index contributed by atoms with van der Waals surface area (Å²) in [5.74, 6) is 1.41. The Morgan fingerprint density at radius 2 is 2.12 bits per heavy atom. The predicted molar refractivity (Wildman–Crippen MR) is 94.4 cm³/mol. The molecule has 0 spiro atoms. The molecule has 2 heterocycles. The molecular weight excluding hydrogens is 396 g/mol. The molecule has 5 nitrogen and oxygen atoms in total. The van der Waals surface area contributed by atoms with Gasteiger partial charge in [-0.25, -0.2) is 4.98 Å². The van der Waals surface area contributed by atoms with Crippen LogP contribution < -0.4 is 10.1 Å². The van der Waals surface area contributed by atoms with Crippen molar-refractivity contribution in [1.82, 2.24) is 4.98 Å². The van der Waals surface area contributed by atoms with E-state index in [-0.39, 0.29) is 18.3 Å². The fraction of sp³-hybridized carbons (Fsp3) is 0.0588. The Morgan fingerprint density at radius 3 is 2.88 bits per heavy atom. The van der Waals surface area contributed by atoms with Gasteiger partial charge < -0.3 is 14.5 Å². The Balaban J connectivity index is 1.60. The number of ether oxygens (including phenoxy) is 1. The zero-order valence-corrected chi connectivity index (χ0v) is 14.7. The number of rotatable bonds is 5. The van der Waals surface area contributed by atoms with Crippen LogP contribution in [0.4, 0.5) is 5.82 Å². The molecule has 3 rings (SSSR count). The number of pyridine rings is 1. The number of benzene rings is 1. The van der Waals surface area contributed by atoms with Crippen LogP contribution in [0, 0.1) is 0 Å². The van der Waals surface area contributed by atoms with Crippen molar-refractivity contribution in [1.29, 1.82) is 0 Å². The molecule has 2 aromatic heterocycles. The Morgan fingerprint density at radius 1 is 1.25 bits per heavy atom. The van der Waals surface area contributed by atoms with E-state index in [9.17, 15) is 4.79 Å². The Kier molecular flexibility index (Phi) is 5.17. The fourth-order valence-corrected chi connectivity index (χ4v) is 2.33. The van der Waals surface area contributed by atoms with Crippen molar-refractivity contribution in [3.63, 3.8) is 0 Å². The minimum atomic E-state index is -0.376. The Labute approximate surface area is 151 Å². The van der Waals surface area contributed by atoms with Gasteiger partial charge in [0.2, 0.25) is 0 Å². The first-order valence-electron chi connectivity index (χ1n) is 7.00. The maximum absolute atomic E-state index is 12.1. The van der Waals surface area contributed by atoms with Gasteiger partial charge in [0.05, 0.1) is 0 Å². The highest BCUT2D eigenvalue weighted by Crippen LogP contribution is 2.19. The van der Waals surface area contributed by atoms with Gasteiger partial charge in [0, 0.05) is 15.7 Å². The van der Waals surface area contributed by atoms with E-state index in [0.29, 0.717) is 22.4 Å². The van der Waals surface area contributed by atoms with Gasteiger partial charge in [0.15, 0.2) is 5.76 Å². The van der Waals surface area contributed by atoms with Gasteiger partial charge in [0.1, 0.15) is 23.9 Å². The van der Waals surface area contributed by atoms with E-state index in [1.54, 1.807) is 54.7 Å². The second kappa shape index (κ2) is 7.51. The van der Waals surface area contributed by atoms with Crippen molar-refractivity contribution in [2.75, 3.05) is 5.32 Å². The number of aromatic nitrogens is 1. The molecule has 24 heavy (non-hydrogen) atoms. The molecule has 0 fully saturated rings. The van der Waals surface area contributed by atoms with Crippen LogP contribution in [0.3, 0.4) is 0 Å². The lowest BCUT2D eigenvalue weighted by Gasteiger charge is -2.04. The smallest absolute Gasteiger partial charge is 0.292 e. The van der Waals surface area contributed by atoms with E-state index in [2.05, 4.69) is 26.2 Å². The zero-order valence-electron chi connectivity index (χ0n) is 12.3. The highest BCUT2D eigenvalue weighted by molar-refractivity contribution is 9.10. The molecule has 0 unspecified atom stereocenters. The lowest BCUT2D eigenvalue weighted by Crippen LogP contribution is -2.11. The van der Waals surface area contributed by atoms with Crippen LogP contribution in [0.1, 0.15) is 16.3 Å². The first kappa shape index (κ1) is 16.5. The summed E-state index contributed by atoms with van der Waals surface area (Å²) < 4.78 is 11.9. The summed E-state index contributed by atoms with van der Waals surface area (Å²) in [5.41, 5.74) is 0. The number of amides is 1. The third-order valence-corrected chi connectivity index (χ3v) is 3.74. The average molecular weight is 408 g/mol. The Bertz CT molecular complexity index is 849. The lowest BCUT2D eigenvalue weighted by molar-refractivity contribution is 0.0992. The highest BCUT2D eigenvalue weighted by Gasteiger charge is 2.12. The number of hydrogen-bond donors (Lipinski definition) is 1. The molecule has 0 aliphatic carbocycles. The summed E-state index contributed by atoms with van der Waals surface area (Å²) in [6.45, 7) is 0.199. The van der Waals surface area contributed by atoms with Crippen molar-refractivity contribution in [3.8, 4) is 5.75 Å². The predicted octanol–water partition coefficient (Wildman–Crippen LogP) is 4.92. The van der Waals surface area contributed by atoms with Crippen LogP contribution in [-0.4, -0.2) is 10.9 Å². The minimum Gasteiger partial charge on any atom is -0.486 e. The van der Waals surface area contributed by atoms with Crippen LogP contribution in [0.5, 0.6) is 5.75 Å². The first-order chi connectivity index (χ1) is 11.6. The monoisotopic (exact) mass is 406 g/mol. The van der Waals surface area contributed by atoms with Gasteiger partial charge >= 0.3 is 0 Å². The Hall–Kier alpha value is -2.31. The molecule has 3 aromatic rings. The van der Waals surface area contributed by atoms with Crippen molar-refractivity contribution < 1.29 is 13.9 Å². The highest BCUT2D eigenvalue weighted by atomic mass is 79.9. The number of nitrogens with zero attached hydrogens (tertiary/aromatic N) is 1. The van der Waals surface area contributed by atoms with E-state index in [0.717, 1.165) is 4.47 Å². The van der Waals surface area contributed by atoms with Gasteiger partial charge in [-0.2, -0.15) is 0 Å². The van der Waals surface area contributed by atoms with E-state index in [1.165, 1.54) is 0 Å². The molecule has 0 radical (unpaired) electrons. The minimum absolute atomic E-state index is 0.185. The molecule has 0 bridgehead atoms. The molecular formula is C17H12BrClN2O3. The van der Waals surface area contributed by atoms with Gasteiger partial charge in [-0.05, 0) is 58.4 Å². The maximum atomic E-state index is 12.1. The van der Waals surface area contributed by atoms with Crippen molar-refractivity contribution in [2.24, 2.45) is 0 Å². The quantitative estimate of drug-likeness (QED) is 0.652. The summed E-state index contributed by atoms with van der Waals surface area (Å²) >= 11 is 9.18. The molecule has 0 atom stereocenters. The number of carbonyl (C=O) groups is 1. The van der Waals surface area contributed by atoms with Crippen molar-refractivity contribution in [2.45, 2.75) is 6.61 Å². The summed E-state index contributed by atoms with van der Waals surface area (Å²) in [4.78, 5) is 16.2. The molecule has 0 saturated carbocycles. The lowest BCUT2D eigenvalue weighted by atomic mass is 10.3. The summed E-state index contributed by atoms with van der Waals surface area (Å²) in [5, 5.41) is 3.25. The number of nitrogens with one attached hydrogen (secondary N) is 1. The third-order valence-electron chi connectivity index (χ3n) is 3.03. The van der Waals surface area contributed by atoms with Gasteiger partial charge in [-0.3, -0.25) is 4.79 Å². The molecule has 0 aliphatic rings. The van der Waals surface area contributed by atoms with Crippen molar-refractivity contribution in [3.05, 3.63) is 75.7 Å². The van der Waals surface area contributed by atoms with E-state index in [1.807, 2.05) is 0 Å². The standard InChI is InChI=1S/C17H12BrClN2O3/c18-11-4-7-16(20-9-11)21-17(22)15-6-5-14(24-15)10-23-13-3-1-2-12(19)8-13/h1-9H,10H2,(H,20,21,22). The van der Waals surface area contributed by atoms with Crippen LogP contribution >= 0.6 is 27.5 Å². The van der Waals surface area contributed by atoms with E-state index in [4.69, 9.17) is 20.8 Å². The van der Waals surface area contributed by atoms with Crippen LogP contribution in [0.25, 0.3) is 0 Å². The third kappa shape index (κ3) is 4.37. The summed E-state index contributed by atoms with van der Waals surface area (Å²) in [7, 11) is 0. The van der Waals surface area contributed by atoms with Crippen LogP contribution in [0.15, 0.2) is 63.6 Å². The number of carbonyl (C=O) groups excluding carboxylic acids is 1. The molecule has 7 heteroatoms. The largest absolute Gasteiger partial charge is 0.486 e. The molecule has 1 amide bonds. The van der Waals surface area contributed by atoms with Crippen LogP contribution in [-0.2, 0) is 6.61 Å². The number of hydrogen-bond acceptors (Lipinski definition) is 4. The van der Waals surface area contributed by atoms with Gasteiger partial charge in [-0.15, -0.1) is 0 Å². The fourth-order valence-electron chi connectivity index (χ4n) is 1.92. The van der Waals surface area contributed by atoms with Crippen LogP contribution in [0.2, 0.25) is 5.02 Å². The SMILES string of the molecule is O=C(Nc1ccc(Br)cn1)c1ccc(COc2cccc(Cl)c2)o1. The van der Waals surface area contributed by atoms with E-state index < -0.39 is 0 Å². The zero-order chi connectivity index (χ0) is 16.9. The topological polar surface area (TPSA) is 64.4 Å². The van der Waals surface area contributed by atoms with Crippen molar-refractivity contribution >= 4 is 39.3 Å². The molecule has 0 aliphatic heterocycles. The maximum Gasteiger partial charge on any atom is 0.292 e. The number of halogens is 2. The summed E-state index contributed by atoms with van der Waals surface area (Å²) in [6.07, 6.45) is 1.60. The van der Waals surface area contributed by atoms with Gasteiger partial charge in [0.25, 0.3) is 5.91 Å². The molecule has 0 saturated heterocycles. The second-order valence-corrected chi connectivity index (χ2v) is 6.18. The van der Waals surface area contributed by atoms with Gasteiger partial charge in [-0.1, -0.05) is 17.7 Å². The van der Waals surface area contributed by atoms with E-state index >= 15 is 0 Å². The molecule has 1 N–H and O–H groups in total. The normalized spacial score (nSPS) is 10.4. The number of anilines is 1. The molecule has 122 valence electrons. The second-order valence-electron chi connectivity index (χ2n) is 4.83. The molecule has 1 aromatic carbocycles. The first-order valence-corrected chi connectivity index (χ1v) is 8.17. The average Bonchev–Trinajstić information content (AvgIpc) is 3.04. The summed E-state index contributed by atoms with van der Waals surface area (Å²) in [6, 6.07) is 13.8.